The summed E-state index contributed by atoms with van der Waals surface area (Å²) in [6, 6.07) is 4.02. The van der Waals surface area contributed by atoms with Gasteiger partial charge in [-0.2, -0.15) is 0 Å². The van der Waals surface area contributed by atoms with Gasteiger partial charge in [-0.3, -0.25) is 0 Å². The molecule has 112 valence electrons. The van der Waals surface area contributed by atoms with Crippen molar-refractivity contribution in [3.8, 4) is 5.75 Å². The van der Waals surface area contributed by atoms with Gasteiger partial charge in [-0.05, 0) is 30.5 Å². The minimum Gasteiger partial charge on any atom is -0.493 e. The van der Waals surface area contributed by atoms with E-state index in [1.165, 1.54) is 24.6 Å². The SMILES string of the molecule is CCCCC(CC)COc1ccc(F)cc1C(N)=NO. The molecule has 4 nitrogen and oxygen atoms in total. The molecular weight excluding hydrogens is 259 g/mol. The normalized spacial score (nSPS) is 13.2. The number of nitrogens with two attached hydrogens (primary N) is 1. The van der Waals surface area contributed by atoms with Crippen molar-refractivity contribution in [3.05, 3.63) is 29.6 Å². The van der Waals surface area contributed by atoms with Gasteiger partial charge in [0.05, 0.1) is 12.2 Å². The third kappa shape index (κ3) is 4.72. The summed E-state index contributed by atoms with van der Waals surface area (Å²) in [5, 5.41) is 11.6. The molecular formula is C15H23FN2O2. The Labute approximate surface area is 119 Å². The molecule has 0 fully saturated rings. The topological polar surface area (TPSA) is 67.8 Å². The van der Waals surface area contributed by atoms with E-state index < -0.39 is 5.82 Å². The summed E-state index contributed by atoms with van der Waals surface area (Å²) in [6.45, 7) is 4.83. The minimum absolute atomic E-state index is 0.152. The van der Waals surface area contributed by atoms with Gasteiger partial charge in [0.15, 0.2) is 5.84 Å². The van der Waals surface area contributed by atoms with Crippen LogP contribution < -0.4 is 10.5 Å². The summed E-state index contributed by atoms with van der Waals surface area (Å²) in [5.41, 5.74) is 5.81. The van der Waals surface area contributed by atoms with Crippen molar-refractivity contribution < 1.29 is 14.3 Å². The van der Waals surface area contributed by atoms with E-state index in [-0.39, 0.29) is 11.4 Å². The van der Waals surface area contributed by atoms with Gasteiger partial charge in [0.25, 0.3) is 0 Å². The van der Waals surface area contributed by atoms with Gasteiger partial charge in [-0.1, -0.05) is 38.3 Å². The van der Waals surface area contributed by atoms with Crippen molar-refractivity contribution in [1.82, 2.24) is 0 Å². The van der Waals surface area contributed by atoms with Gasteiger partial charge in [0, 0.05) is 0 Å². The number of benzene rings is 1. The van der Waals surface area contributed by atoms with E-state index in [1.807, 2.05) is 0 Å². The summed E-state index contributed by atoms with van der Waals surface area (Å²) in [6.07, 6.45) is 4.45. The molecule has 0 aromatic heterocycles. The molecule has 1 atom stereocenters. The first-order valence-electron chi connectivity index (χ1n) is 7.02. The van der Waals surface area contributed by atoms with Gasteiger partial charge in [0.1, 0.15) is 11.6 Å². The van der Waals surface area contributed by atoms with Crippen molar-refractivity contribution in [1.29, 1.82) is 0 Å². The van der Waals surface area contributed by atoms with Crippen molar-refractivity contribution in [2.75, 3.05) is 6.61 Å². The number of hydrogen-bond donors (Lipinski definition) is 2. The lowest BCUT2D eigenvalue weighted by Gasteiger charge is -2.17. The second-order valence-electron chi connectivity index (χ2n) is 4.85. The maximum atomic E-state index is 13.2. The molecule has 0 bridgehead atoms. The Hall–Kier alpha value is -1.78. The molecule has 5 heteroatoms. The molecule has 0 saturated carbocycles. The molecule has 1 aromatic rings. The number of amidine groups is 1. The van der Waals surface area contributed by atoms with E-state index in [4.69, 9.17) is 15.7 Å². The van der Waals surface area contributed by atoms with Crippen molar-refractivity contribution in [2.45, 2.75) is 39.5 Å². The third-order valence-corrected chi connectivity index (χ3v) is 3.34. The van der Waals surface area contributed by atoms with Crippen LogP contribution in [0, 0.1) is 11.7 Å². The Morgan fingerprint density at radius 1 is 1.45 bits per heavy atom. The van der Waals surface area contributed by atoms with Gasteiger partial charge >= 0.3 is 0 Å². The molecule has 0 aliphatic rings. The van der Waals surface area contributed by atoms with Crippen LogP contribution in [0.1, 0.15) is 45.1 Å². The molecule has 1 aromatic carbocycles. The molecule has 0 aliphatic heterocycles. The maximum absolute atomic E-state index is 13.2. The molecule has 0 spiro atoms. The predicted molar refractivity (Wildman–Crippen MR) is 77.7 cm³/mol. The summed E-state index contributed by atoms with van der Waals surface area (Å²) in [5.74, 6) is 0.301. The van der Waals surface area contributed by atoms with E-state index in [9.17, 15) is 4.39 Å². The lowest BCUT2D eigenvalue weighted by atomic mass is 10.0. The van der Waals surface area contributed by atoms with Gasteiger partial charge in [0.2, 0.25) is 0 Å². The molecule has 0 amide bonds. The standard InChI is InChI=1S/C15H23FN2O2/c1-3-5-6-11(4-2)10-20-14-8-7-12(16)9-13(14)15(17)18-19/h7-9,11,19H,3-6,10H2,1-2H3,(H2,17,18). The molecule has 0 heterocycles. The number of nitrogens with zero attached hydrogens (tertiary/aromatic N) is 1. The number of oxime groups is 1. The quantitative estimate of drug-likeness (QED) is 0.332. The first kappa shape index (κ1) is 16.3. The van der Waals surface area contributed by atoms with Crippen LogP contribution in [0.2, 0.25) is 0 Å². The Bertz CT molecular complexity index is 449. The largest absolute Gasteiger partial charge is 0.493 e. The molecule has 0 radical (unpaired) electrons. The van der Waals surface area contributed by atoms with Crippen LogP contribution in [0.4, 0.5) is 4.39 Å². The van der Waals surface area contributed by atoms with E-state index in [0.29, 0.717) is 18.3 Å². The zero-order valence-corrected chi connectivity index (χ0v) is 12.1. The average molecular weight is 282 g/mol. The molecule has 20 heavy (non-hydrogen) atoms. The minimum atomic E-state index is -0.447. The second-order valence-corrected chi connectivity index (χ2v) is 4.85. The van der Waals surface area contributed by atoms with Crippen LogP contribution in [0.15, 0.2) is 23.4 Å². The second kappa shape index (κ2) is 8.40. The number of rotatable bonds is 8. The van der Waals surface area contributed by atoms with Crippen LogP contribution in [0.25, 0.3) is 0 Å². The Kier molecular flexibility index (Phi) is 6.84. The average Bonchev–Trinajstić information content (AvgIpc) is 2.47. The van der Waals surface area contributed by atoms with E-state index in [1.54, 1.807) is 0 Å². The predicted octanol–water partition coefficient (Wildman–Crippen LogP) is 3.52. The number of hydrogen-bond acceptors (Lipinski definition) is 3. The Morgan fingerprint density at radius 3 is 2.80 bits per heavy atom. The van der Waals surface area contributed by atoms with Crippen molar-refractivity contribution in [2.24, 2.45) is 16.8 Å². The van der Waals surface area contributed by atoms with E-state index >= 15 is 0 Å². The number of unbranched alkanes of at least 4 members (excludes halogenated alkanes) is 1. The number of halogens is 1. The van der Waals surface area contributed by atoms with Gasteiger partial charge in [-0.15, -0.1) is 0 Å². The Balaban J connectivity index is 2.76. The summed E-state index contributed by atoms with van der Waals surface area (Å²) in [7, 11) is 0. The van der Waals surface area contributed by atoms with Crippen LogP contribution in [0.3, 0.4) is 0 Å². The molecule has 3 N–H and O–H groups in total. The highest BCUT2D eigenvalue weighted by Gasteiger charge is 2.12. The van der Waals surface area contributed by atoms with Crippen LogP contribution in [-0.4, -0.2) is 17.6 Å². The zero-order chi connectivity index (χ0) is 15.0. The molecule has 1 unspecified atom stereocenters. The highest BCUT2D eigenvalue weighted by molar-refractivity contribution is 5.99. The third-order valence-electron chi connectivity index (χ3n) is 3.34. The summed E-state index contributed by atoms with van der Waals surface area (Å²) in [4.78, 5) is 0. The first-order chi connectivity index (χ1) is 9.62. The Morgan fingerprint density at radius 2 is 2.20 bits per heavy atom. The number of ether oxygens (including phenoxy) is 1. The smallest absolute Gasteiger partial charge is 0.173 e. The fraction of sp³-hybridized carbons (Fsp3) is 0.533. The summed E-state index contributed by atoms with van der Waals surface area (Å²) >= 11 is 0. The van der Waals surface area contributed by atoms with Crippen LogP contribution in [0.5, 0.6) is 5.75 Å². The fourth-order valence-electron chi connectivity index (χ4n) is 1.99. The molecule has 0 saturated heterocycles. The van der Waals surface area contributed by atoms with Crippen LogP contribution >= 0.6 is 0 Å². The maximum Gasteiger partial charge on any atom is 0.173 e. The van der Waals surface area contributed by atoms with Gasteiger partial charge in [-0.25, -0.2) is 4.39 Å². The molecule has 1 rings (SSSR count). The fourth-order valence-corrected chi connectivity index (χ4v) is 1.99. The van der Waals surface area contributed by atoms with Gasteiger partial charge < -0.3 is 15.7 Å². The monoisotopic (exact) mass is 282 g/mol. The summed E-state index contributed by atoms with van der Waals surface area (Å²) < 4.78 is 19.0. The highest BCUT2D eigenvalue weighted by atomic mass is 19.1. The lowest BCUT2D eigenvalue weighted by Crippen LogP contribution is -2.17. The van der Waals surface area contributed by atoms with Crippen LogP contribution in [-0.2, 0) is 0 Å². The first-order valence-corrected chi connectivity index (χ1v) is 7.02. The van der Waals surface area contributed by atoms with Crippen molar-refractivity contribution >= 4 is 5.84 Å². The van der Waals surface area contributed by atoms with Crippen molar-refractivity contribution in [3.63, 3.8) is 0 Å². The lowest BCUT2D eigenvalue weighted by molar-refractivity contribution is 0.232. The molecule has 0 aliphatic carbocycles. The zero-order valence-electron chi connectivity index (χ0n) is 12.1. The highest BCUT2D eigenvalue weighted by Crippen LogP contribution is 2.22. The van der Waals surface area contributed by atoms with E-state index in [0.717, 1.165) is 19.3 Å². The van der Waals surface area contributed by atoms with E-state index in [2.05, 4.69) is 19.0 Å².